The molecule has 0 atom stereocenters. The van der Waals surface area contributed by atoms with E-state index in [9.17, 15) is 24.8 Å². The molecule has 0 saturated carbocycles. The number of nitro groups is 1. The van der Waals surface area contributed by atoms with Crippen LogP contribution in [0, 0.1) is 10.1 Å². The lowest BCUT2D eigenvalue weighted by atomic mass is 10.1. The first-order chi connectivity index (χ1) is 14.8. The number of halogens is 1. The summed E-state index contributed by atoms with van der Waals surface area (Å²) < 4.78 is 0. The zero-order valence-corrected chi connectivity index (χ0v) is 16.5. The molecule has 3 rings (SSSR count). The van der Waals surface area contributed by atoms with Gasteiger partial charge in [-0.25, -0.2) is 5.43 Å². The highest BCUT2D eigenvalue weighted by molar-refractivity contribution is 6.31. The van der Waals surface area contributed by atoms with Crippen molar-refractivity contribution in [2.45, 2.75) is 0 Å². The summed E-state index contributed by atoms with van der Waals surface area (Å²) in [6.07, 6.45) is 1.09. The van der Waals surface area contributed by atoms with E-state index in [-0.39, 0.29) is 28.5 Å². The van der Waals surface area contributed by atoms with Crippen molar-refractivity contribution in [3.05, 3.63) is 98.6 Å². The SMILES string of the molecule is O=C(N/N=C\c1cc([N+](=O)[O-])ccc1O)c1cccc(NC(=O)c2cccc(Cl)c2)c1. The average Bonchev–Trinajstić information content (AvgIpc) is 2.75. The summed E-state index contributed by atoms with van der Waals surface area (Å²) in [4.78, 5) is 34.8. The number of nitrogens with zero attached hydrogens (tertiary/aromatic N) is 2. The number of carbonyl (C=O) groups excluding carboxylic acids is 2. The number of anilines is 1. The molecule has 0 aliphatic heterocycles. The van der Waals surface area contributed by atoms with Gasteiger partial charge in [0, 0.05) is 39.5 Å². The summed E-state index contributed by atoms with van der Waals surface area (Å²) in [5.74, 6) is -1.20. The molecular formula is C21H15ClN4O5. The van der Waals surface area contributed by atoms with Gasteiger partial charge < -0.3 is 10.4 Å². The minimum Gasteiger partial charge on any atom is -0.507 e. The van der Waals surface area contributed by atoms with Gasteiger partial charge in [0.15, 0.2) is 0 Å². The van der Waals surface area contributed by atoms with Crippen LogP contribution in [0.1, 0.15) is 26.3 Å². The Bertz CT molecular complexity index is 1200. The molecule has 0 aliphatic carbocycles. The molecule has 0 radical (unpaired) electrons. The number of phenolic OH excluding ortho intramolecular Hbond substituents is 1. The number of hydrogen-bond donors (Lipinski definition) is 3. The van der Waals surface area contributed by atoms with E-state index in [1.807, 2.05) is 0 Å². The molecule has 0 saturated heterocycles. The number of aromatic hydroxyl groups is 1. The number of hydrogen-bond acceptors (Lipinski definition) is 6. The molecule has 156 valence electrons. The van der Waals surface area contributed by atoms with Gasteiger partial charge in [0.05, 0.1) is 11.1 Å². The molecule has 31 heavy (non-hydrogen) atoms. The summed E-state index contributed by atoms with van der Waals surface area (Å²) >= 11 is 5.89. The number of nitro benzene ring substituents is 1. The predicted octanol–water partition coefficient (Wildman–Crippen LogP) is 3.97. The van der Waals surface area contributed by atoms with E-state index in [1.165, 1.54) is 18.2 Å². The van der Waals surface area contributed by atoms with Crippen LogP contribution in [0.4, 0.5) is 11.4 Å². The fourth-order valence-electron chi connectivity index (χ4n) is 2.56. The van der Waals surface area contributed by atoms with E-state index in [0.29, 0.717) is 16.3 Å². The van der Waals surface area contributed by atoms with Gasteiger partial charge in [-0.05, 0) is 42.5 Å². The molecule has 10 heteroatoms. The van der Waals surface area contributed by atoms with E-state index in [2.05, 4.69) is 15.8 Å². The number of rotatable bonds is 6. The number of non-ortho nitro benzene ring substituents is 1. The van der Waals surface area contributed by atoms with Gasteiger partial charge in [0.25, 0.3) is 17.5 Å². The first kappa shape index (κ1) is 21.5. The molecule has 0 aliphatic rings. The van der Waals surface area contributed by atoms with Crippen LogP contribution in [0.15, 0.2) is 71.8 Å². The minimum atomic E-state index is -0.613. The monoisotopic (exact) mass is 438 g/mol. The molecule has 0 aromatic heterocycles. The van der Waals surface area contributed by atoms with E-state index in [4.69, 9.17) is 11.6 Å². The van der Waals surface area contributed by atoms with E-state index >= 15 is 0 Å². The standard InChI is InChI=1S/C21H15ClN4O5/c22-16-5-1-3-13(9-16)20(28)24-17-6-2-4-14(10-17)21(29)25-23-12-15-11-18(26(30)31)7-8-19(15)27/h1-12,27H,(H,24,28)(H,25,29)/b23-12-. The van der Waals surface area contributed by atoms with Crippen LogP contribution in [-0.2, 0) is 0 Å². The highest BCUT2D eigenvalue weighted by atomic mass is 35.5. The molecule has 3 aromatic rings. The highest BCUT2D eigenvalue weighted by Crippen LogP contribution is 2.21. The molecule has 0 bridgehead atoms. The van der Waals surface area contributed by atoms with Crippen LogP contribution in [0.25, 0.3) is 0 Å². The maximum Gasteiger partial charge on any atom is 0.271 e. The molecule has 0 unspecified atom stereocenters. The van der Waals surface area contributed by atoms with Gasteiger partial charge in [0.1, 0.15) is 5.75 Å². The fraction of sp³-hybridized carbons (Fsp3) is 0. The second kappa shape index (κ2) is 9.51. The molecule has 0 spiro atoms. The summed E-state index contributed by atoms with van der Waals surface area (Å²) in [6.45, 7) is 0. The van der Waals surface area contributed by atoms with Gasteiger partial charge in [0.2, 0.25) is 0 Å². The molecular weight excluding hydrogens is 424 g/mol. The van der Waals surface area contributed by atoms with E-state index in [0.717, 1.165) is 24.4 Å². The van der Waals surface area contributed by atoms with E-state index in [1.54, 1.807) is 30.3 Å². The summed E-state index contributed by atoms with van der Waals surface area (Å²) in [6, 6.07) is 16.0. The molecule has 3 aromatic carbocycles. The summed E-state index contributed by atoms with van der Waals surface area (Å²) in [5, 5.41) is 27.4. The number of hydrazone groups is 1. The molecule has 2 amide bonds. The lowest BCUT2D eigenvalue weighted by Crippen LogP contribution is -2.18. The minimum absolute atomic E-state index is 0.0667. The van der Waals surface area contributed by atoms with Crippen LogP contribution < -0.4 is 10.7 Å². The number of benzene rings is 3. The van der Waals surface area contributed by atoms with Crippen LogP contribution in [0.2, 0.25) is 5.02 Å². The molecule has 0 fully saturated rings. The third-order valence-electron chi connectivity index (χ3n) is 4.06. The molecule has 0 heterocycles. The quantitative estimate of drug-likeness (QED) is 0.304. The number of amides is 2. The highest BCUT2D eigenvalue weighted by Gasteiger charge is 2.11. The largest absolute Gasteiger partial charge is 0.507 e. The fourth-order valence-corrected chi connectivity index (χ4v) is 2.75. The third-order valence-corrected chi connectivity index (χ3v) is 4.30. The Kier molecular flexibility index (Phi) is 6.58. The van der Waals surface area contributed by atoms with Crippen molar-refractivity contribution in [1.82, 2.24) is 5.43 Å². The lowest BCUT2D eigenvalue weighted by molar-refractivity contribution is -0.384. The van der Waals surface area contributed by atoms with Crippen LogP contribution in [-0.4, -0.2) is 28.1 Å². The van der Waals surface area contributed by atoms with Crippen molar-refractivity contribution in [1.29, 1.82) is 0 Å². The van der Waals surface area contributed by atoms with Gasteiger partial charge in [-0.2, -0.15) is 5.10 Å². The average molecular weight is 439 g/mol. The maximum absolute atomic E-state index is 12.3. The number of phenols is 1. The van der Waals surface area contributed by atoms with Gasteiger partial charge in [-0.3, -0.25) is 19.7 Å². The smallest absolute Gasteiger partial charge is 0.271 e. The Hall–Kier alpha value is -4.24. The Balaban J connectivity index is 1.68. The zero-order valence-electron chi connectivity index (χ0n) is 15.8. The van der Waals surface area contributed by atoms with Crippen molar-refractivity contribution < 1.29 is 19.6 Å². The second-order valence-electron chi connectivity index (χ2n) is 6.24. The predicted molar refractivity (Wildman–Crippen MR) is 116 cm³/mol. The van der Waals surface area contributed by atoms with Crippen molar-refractivity contribution in [2.24, 2.45) is 5.10 Å². The number of carbonyl (C=O) groups is 2. The number of nitrogens with one attached hydrogen (secondary N) is 2. The van der Waals surface area contributed by atoms with Crippen molar-refractivity contribution in [2.75, 3.05) is 5.32 Å². The van der Waals surface area contributed by atoms with Crippen LogP contribution in [0.3, 0.4) is 0 Å². The maximum atomic E-state index is 12.3. The Labute approximate surface area is 181 Å². The van der Waals surface area contributed by atoms with Crippen molar-refractivity contribution in [3.8, 4) is 5.75 Å². The topological polar surface area (TPSA) is 134 Å². The van der Waals surface area contributed by atoms with E-state index < -0.39 is 10.8 Å². The first-order valence-electron chi connectivity index (χ1n) is 8.81. The second-order valence-corrected chi connectivity index (χ2v) is 6.68. The summed E-state index contributed by atoms with van der Waals surface area (Å²) in [7, 11) is 0. The third kappa shape index (κ3) is 5.64. The Morgan fingerprint density at radius 3 is 2.42 bits per heavy atom. The van der Waals surface area contributed by atoms with Gasteiger partial charge in [-0.1, -0.05) is 23.7 Å². The van der Waals surface area contributed by atoms with Gasteiger partial charge >= 0.3 is 0 Å². The molecule has 3 N–H and O–H groups in total. The summed E-state index contributed by atoms with van der Waals surface area (Å²) in [5.41, 5.74) is 3.06. The van der Waals surface area contributed by atoms with Crippen LogP contribution >= 0.6 is 11.6 Å². The Morgan fingerprint density at radius 2 is 1.71 bits per heavy atom. The zero-order chi connectivity index (χ0) is 22.4. The van der Waals surface area contributed by atoms with Crippen molar-refractivity contribution in [3.63, 3.8) is 0 Å². The first-order valence-corrected chi connectivity index (χ1v) is 9.19. The van der Waals surface area contributed by atoms with Crippen molar-refractivity contribution >= 4 is 41.0 Å². The molecule has 9 nitrogen and oxygen atoms in total. The van der Waals surface area contributed by atoms with Crippen LogP contribution in [0.5, 0.6) is 5.75 Å². The normalized spacial score (nSPS) is 10.6. The van der Waals surface area contributed by atoms with Gasteiger partial charge in [-0.15, -0.1) is 0 Å². The Morgan fingerprint density at radius 1 is 1.00 bits per heavy atom. The lowest BCUT2D eigenvalue weighted by Gasteiger charge is -2.07.